The number of anilines is 1. The highest BCUT2D eigenvalue weighted by atomic mass is 32.2. The number of aromatic nitrogens is 2. The number of hydrogen-bond acceptors (Lipinski definition) is 4. The van der Waals surface area contributed by atoms with Crippen molar-refractivity contribution in [3.63, 3.8) is 0 Å². The van der Waals surface area contributed by atoms with Crippen molar-refractivity contribution in [1.82, 2.24) is 14.9 Å². The van der Waals surface area contributed by atoms with Crippen molar-refractivity contribution < 1.29 is 17.6 Å². The molecule has 1 N–H and O–H groups in total. The average molecular weight is 493 g/mol. The van der Waals surface area contributed by atoms with Gasteiger partial charge in [-0.15, -0.1) is 0 Å². The predicted molar refractivity (Wildman–Crippen MR) is 133 cm³/mol. The minimum atomic E-state index is -3.59. The van der Waals surface area contributed by atoms with Crippen molar-refractivity contribution in [2.24, 2.45) is 0 Å². The third-order valence-corrected chi connectivity index (χ3v) is 6.69. The first-order valence-corrected chi connectivity index (χ1v) is 12.8. The van der Waals surface area contributed by atoms with E-state index in [1.807, 2.05) is 42.0 Å². The van der Waals surface area contributed by atoms with Gasteiger partial charge in [0.1, 0.15) is 11.6 Å². The van der Waals surface area contributed by atoms with Crippen molar-refractivity contribution in [2.45, 2.75) is 20.0 Å². The zero-order valence-corrected chi connectivity index (χ0v) is 20.2. The second kappa shape index (κ2) is 10.1. The molecule has 1 aromatic heterocycles. The number of imidazole rings is 1. The molecule has 1 amide bonds. The summed E-state index contributed by atoms with van der Waals surface area (Å²) >= 11 is 0. The van der Waals surface area contributed by atoms with Gasteiger partial charge in [0, 0.05) is 30.2 Å². The quantitative estimate of drug-likeness (QED) is 0.399. The molecule has 0 aliphatic rings. The maximum atomic E-state index is 13.2. The van der Waals surface area contributed by atoms with E-state index in [-0.39, 0.29) is 18.3 Å². The lowest BCUT2D eigenvalue weighted by Crippen LogP contribution is -2.29. The summed E-state index contributed by atoms with van der Waals surface area (Å²) in [5, 5.41) is 2.88. The van der Waals surface area contributed by atoms with Crippen molar-refractivity contribution in [3.8, 4) is 5.69 Å². The Hall–Kier alpha value is -3.98. The fourth-order valence-electron chi connectivity index (χ4n) is 3.64. The minimum absolute atomic E-state index is 0.0548. The summed E-state index contributed by atoms with van der Waals surface area (Å²) in [6.45, 7) is 2.33. The smallest absolute Gasteiger partial charge is 0.251 e. The van der Waals surface area contributed by atoms with E-state index in [9.17, 15) is 17.6 Å². The molecule has 0 aliphatic carbocycles. The molecule has 0 aliphatic heterocycles. The Labute approximate surface area is 203 Å². The van der Waals surface area contributed by atoms with Crippen LogP contribution in [0.4, 0.5) is 10.1 Å². The molecule has 0 atom stereocenters. The van der Waals surface area contributed by atoms with Crippen LogP contribution in [0.3, 0.4) is 0 Å². The number of carbonyl (C=O) groups is 1. The van der Waals surface area contributed by atoms with Crippen molar-refractivity contribution in [1.29, 1.82) is 0 Å². The number of aryl methyl sites for hydroxylation is 1. The summed E-state index contributed by atoms with van der Waals surface area (Å²) in [5.74, 6) is 0.233. The van der Waals surface area contributed by atoms with E-state index in [1.54, 1.807) is 42.6 Å². The Bertz CT molecular complexity index is 1410. The lowest BCUT2D eigenvalue weighted by molar-refractivity contribution is 0.0951. The van der Waals surface area contributed by atoms with E-state index in [4.69, 9.17) is 0 Å². The van der Waals surface area contributed by atoms with E-state index in [2.05, 4.69) is 10.3 Å². The summed E-state index contributed by atoms with van der Waals surface area (Å²) < 4.78 is 41.1. The number of carbonyl (C=O) groups excluding carboxylic acids is 1. The highest BCUT2D eigenvalue weighted by Crippen LogP contribution is 2.22. The standard InChI is InChI=1S/C26H25FN4O3S/c1-19-28-15-16-30(19)24-11-5-20(6-12-24)17-29-26(32)22-7-13-25(14-8-22)31(35(2,33)34)18-21-3-9-23(27)10-4-21/h3-16H,17-18H2,1-2H3,(H,29,32). The second-order valence-corrected chi connectivity index (χ2v) is 10.0. The number of benzene rings is 3. The Morgan fingerprint density at radius 3 is 2.17 bits per heavy atom. The normalized spacial score (nSPS) is 11.3. The zero-order valence-electron chi connectivity index (χ0n) is 19.3. The Kier molecular flexibility index (Phi) is 6.97. The molecule has 0 saturated carbocycles. The Morgan fingerprint density at radius 2 is 1.60 bits per heavy atom. The number of nitrogens with zero attached hydrogens (tertiary/aromatic N) is 3. The third kappa shape index (κ3) is 5.93. The molecule has 180 valence electrons. The van der Waals surface area contributed by atoms with E-state index in [0.717, 1.165) is 23.3 Å². The third-order valence-electron chi connectivity index (χ3n) is 5.55. The molecule has 0 spiro atoms. The van der Waals surface area contributed by atoms with Crippen LogP contribution in [0, 0.1) is 12.7 Å². The van der Waals surface area contributed by atoms with Crippen LogP contribution < -0.4 is 9.62 Å². The van der Waals surface area contributed by atoms with Crippen LogP contribution in [-0.4, -0.2) is 30.1 Å². The maximum Gasteiger partial charge on any atom is 0.251 e. The number of halogens is 1. The van der Waals surface area contributed by atoms with Gasteiger partial charge >= 0.3 is 0 Å². The SMILES string of the molecule is Cc1nccn1-c1ccc(CNC(=O)c2ccc(N(Cc3ccc(F)cc3)S(C)(=O)=O)cc2)cc1. The zero-order chi connectivity index (χ0) is 25.0. The molecule has 35 heavy (non-hydrogen) atoms. The fraction of sp³-hybridized carbons (Fsp3) is 0.154. The van der Waals surface area contributed by atoms with Crippen LogP contribution >= 0.6 is 0 Å². The molecule has 9 heteroatoms. The number of nitrogens with one attached hydrogen (secondary N) is 1. The monoisotopic (exact) mass is 492 g/mol. The number of hydrogen-bond donors (Lipinski definition) is 1. The van der Waals surface area contributed by atoms with Gasteiger partial charge < -0.3 is 9.88 Å². The van der Waals surface area contributed by atoms with Gasteiger partial charge in [-0.3, -0.25) is 9.10 Å². The van der Waals surface area contributed by atoms with Crippen LogP contribution in [0.5, 0.6) is 0 Å². The van der Waals surface area contributed by atoms with Crippen LogP contribution in [0.2, 0.25) is 0 Å². The topological polar surface area (TPSA) is 84.3 Å². The maximum absolute atomic E-state index is 13.2. The van der Waals surface area contributed by atoms with E-state index in [1.165, 1.54) is 16.4 Å². The molecule has 0 saturated heterocycles. The van der Waals surface area contributed by atoms with Gasteiger partial charge in [0.2, 0.25) is 10.0 Å². The summed E-state index contributed by atoms with van der Waals surface area (Å²) in [5.41, 5.74) is 3.40. The van der Waals surface area contributed by atoms with Gasteiger partial charge in [0.15, 0.2) is 0 Å². The largest absolute Gasteiger partial charge is 0.348 e. The minimum Gasteiger partial charge on any atom is -0.348 e. The van der Waals surface area contributed by atoms with Crippen molar-refractivity contribution in [3.05, 3.63) is 114 Å². The molecule has 0 fully saturated rings. The van der Waals surface area contributed by atoms with Gasteiger partial charge in [-0.05, 0) is 66.6 Å². The first-order chi connectivity index (χ1) is 16.7. The molecule has 0 bridgehead atoms. The predicted octanol–water partition coefficient (Wildman–Crippen LogP) is 4.22. The fourth-order valence-corrected chi connectivity index (χ4v) is 4.53. The van der Waals surface area contributed by atoms with Crippen LogP contribution in [0.25, 0.3) is 5.69 Å². The highest BCUT2D eigenvalue weighted by molar-refractivity contribution is 7.92. The molecule has 7 nitrogen and oxygen atoms in total. The van der Waals surface area contributed by atoms with Crippen LogP contribution in [0.1, 0.15) is 27.3 Å². The molecular weight excluding hydrogens is 467 g/mol. The van der Waals surface area contributed by atoms with Crippen LogP contribution in [-0.2, 0) is 23.1 Å². The van der Waals surface area contributed by atoms with Crippen molar-refractivity contribution in [2.75, 3.05) is 10.6 Å². The molecule has 1 heterocycles. The van der Waals surface area contributed by atoms with Gasteiger partial charge in [-0.25, -0.2) is 17.8 Å². The second-order valence-electron chi connectivity index (χ2n) is 8.14. The lowest BCUT2D eigenvalue weighted by Gasteiger charge is -2.22. The molecule has 0 unspecified atom stereocenters. The molecule has 0 radical (unpaired) electrons. The van der Waals surface area contributed by atoms with Gasteiger partial charge in [-0.2, -0.15) is 0 Å². The summed E-state index contributed by atoms with van der Waals surface area (Å²) in [4.78, 5) is 16.8. The number of amides is 1. The van der Waals surface area contributed by atoms with E-state index >= 15 is 0 Å². The van der Waals surface area contributed by atoms with Gasteiger partial charge in [-0.1, -0.05) is 24.3 Å². The molecule has 3 aromatic carbocycles. The van der Waals surface area contributed by atoms with Gasteiger partial charge in [0.25, 0.3) is 5.91 Å². The average Bonchev–Trinajstić information content (AvgIpc) is 3.27. The number of rotatable bonds is 8. The summed E-state index contributed by atoms with van der Waals surface area (Å²) in [7, 11) is -3.59. The first kappa shape index (κ1) is 24.2. The van der Waals surface area contributed by atoms with Crippen LogP contribution in [0.15, 0.2) is 85.2 Å². The summed E-state index contributed by atoms with van der Waals surface area (Å²) in [6, 6.07) is 19.8. The first-order valence-electron chi connectivity index (χ1n) is 10.9. The molecular formula is C26H25FN4O3S. The highest BCUT2D eigenvalue weighted by Gasteiger charge is 2.18. The Balaban J connectivity index is 1.41. The summed E-state index contributed by atoms with van der Waals surface area (Å²) in [6.07, 6.45) is 4.74. The van der Waals surface area contributed by atoms with E-state index in [0.29, 0.717) is 23.4 Å². The molecule has 4 aromatic rings. The molecule has 4 rings (SSSR count). The Morgan fingerprint density at radius 1 is 0.971 bits per heavy atom. The van der Waals surface area contributed by atoms with Crippen molar-refractivity contribution >= 4 is 21.6 Å². The van der Waals surface area contributed by atoms with Gasteiger partial charge in [0.05, 0.1) is 18.5 Å². The van der Waals surface area contributed by atoms with E-state index < -0.39 is 10.0 Å². The lowest BCUT2D eigenvalue weighted by atomic mass is 10.1. The number of sulfonamides is 1.